The van der Waals surface area contributed by atoms with Gasteiger partial charge in [-0.3, -0.25) is 4.79 Å². The molecule has 0 aromatic heterocycles. The Bertz CT molecular complexity index is 1260. The van der Waals surface area contributed by atoms with Crippen LogP contribution in [0.1, 0.15) is 38.5 Å². The number of unbranched alkanes of at least 4 members (excludes halogenated alkanes) is 1. The Hall–Kier alpha value is -4.50. The smallest absolute Gasteiger partial charge is 0.330 e. The molecule has 0 spiro atoms. The van der Waals surface area contributed by atoms with E-state index >= 15 is 0 Å². The first kappa shape index (κ1) is 35.0. The normalized spacial score (nSPS) is 16.4. The Morgan fingerprint density at radius 2 is 1.36 bits per heavy atom. The molecule has 0 N–H and O–H groups in total. The number of carbonyl (C=O) groups excluding carboxylic acids is 2. The Morgan fingerprint density at radius 1 is 0.778 bits per heavy atom. The third kappa shape index (κ3) is 12.6. The first-order valence-electron chi connectivity index (χ1n) is 15.1. The summed E-state index contributed by atoms with van der Waals surface area (Å²) in [6, 6.07) is 14.3. The molecule has 1 aliphatic carbocycles. The fourth-order valence-corrected chi connectivity index (χ4v) is 4.65. The number of carbonyl (C=O) groups is 2. The van der Waals surface area contributed by atoms with Gasteiger partial charge in [-0.05, 0) is 93.1 Å². The van der Waals surface area contributed by atoms with Crippen LogP contribution >= 0.6 is 0 Å². The second-order valence-corrected chi connectivity index (χ2v) is 10.6. The lowest BCUT2D eigenvalue weighted by molar-refractivity contribution is -0.140. The summed E-state index contributed by atoms with van der Waals surface area (Å²) < 4.78 is 39.1. The molecule has 242 valence electrons. The summed E-state index contributed by atoms with van der Waals surface area (Å²) in [4.78, 5) is 23.9. The van der Waals surface area contributed by atoms with Crippen molar-refractivity contribution in [3.63, 3.8) is 0 Å². The third-order valence-electron chi connectivity index (χ3n) is 7.25. The number of allylic oxidation sites excluding steroid dienone is 2. The Labute approximate surface area is 266 Å². The lowest BCUT2D eigenvalue weighted by atomic mass is 9.81. The second-order valence-electron chi connectivity index (χ2n) is 10.6. The number of rotatable bonds is 20. The molecule has 9 nitrogen and oxygen atoms in total. The second kappa shape index (κ2) is 19.0. The SMILES string of the molecule is C=CC(=C)OC(COCCCCOC(=O)C=C)COc1ccc(OC(=O)C2CCC(C(=C)Oc3ccc(OC)cc3)CC2)cc1. The van der Waals surface area contributed by atoms with Gasteiger partial charge in [0.05, 0.1) is 32.0 Å². The van der Waals surface area contributed by atoms with E-state index in [0.717, 1.165) is 31.1 Å². The van der Waals surface area contributed by atoms with Crippen LogP contribution in [0.25, 0.3) is 0 Å². The zero-order chi connectivity index (χ0) is 32.4. The van der Waals surface area contributed by atoms with Crippen molar-refractivity contribution in [1.29, 1.82) is 0 Å². The number of hydrogen-bond acceptors (Lipinski definition) is 9. The van der Waals surface area contributed by atoms with Gasteiger partial charge in [-0.25, -0.2) is 4.79 Å². The van der Waals surface area contributed by atoms with Gasteiger partial charge in [-0.2, -0.15) is 0 Å². The molecular weight excluding hydrogens is 576 g/mol. The zero-order valence-corrected chi connectivity index (χ0v) is 26.1. The predicted octanol–water partition coefficient (Wildman–Crippen LogP) is 6.99. The van der Waals surface area contributed by atoms with Gasteiger partial charge in [0.2, 0.25) is 0 Å². The molecule has 0 amide bonds. The van der Waals surface area contributed by atoms with E-state index in [2.05, 4.69) is 26.3 Å². The van der Waals surface area contributed by atoms with Crippen LogP contribution in [0.3, 0.4) is 0 Å². The molecule has 45 heavy (non-hydrogen) atoms. The average Bonchev–Trinajstić information content (AvgIpc) is 3.07. The highest BCUT2D eigenvalue weighted by Gasteiger charge is 2.30. The maximum atomic E-state index is 12.9. The van der Waals surface area contributed by atoms with E-state index in [-0.39, 0.29) is 31.0 Å². The minimum absolute atomic E-state index is 0.177. The highest BCUT2D eigenvalue weighted by molar-refractivity contribution is 5.81. The average molecular weight is 621 g/mol. The van der Waals surface area contributed by atoms with E-state index in [1.54, 1.807) is 31.4 Å². The molecule has 0 saturated heterocycles. The van der Waals surface area contributed by atoms with E-state index in [9.17, 15) is 9.59 Å². The Balaban J connectivity index is 1.38. The monoisotopic (exact) mass is 620 g/mol. The van der Waals surface area contributed by atoms with Crippen LogP contribution in [0.15, 0.2) is 98.5 Å². The molecule has 9 heteroatoms. The van der Waals surface area contributed by atoms with Crippen molar-refractivity contribution in [2.45, 2.75) is 44.6 Å². The highest BCUT2D eigenvalue weighted by atomic mass is 16.6. The highest BCUT2D eigenvalue weighted by Crippen LogP contribution is 2.35. The largest absolute Gasteiger partial charge is 0.497 e. The third-order valence-corrected chi connectivity index (χ3v) is 7.25. The number of benzene rings is 2. The fraction of sp³-hybridized carbons (Fsp3) is 0.389. The van der Waals surface area contributed by atoms with Crippen LogP contribution in [0.5, 0.6) is 23.0 Å². The molecule has 1 fully saturated rings. The molecule has 1 atom stereocenters. The quantitative estimate of drug-likeness (QED) is 0.0387. The molecule has 1 aliphatic rings. The van der Waals surface area contributed by atoms with E-state index < -0.39 is 12.1 Å². The van der Waals surface area contributed by atoms with Crippen molar-refractivity contribution in [3.8, 4) is 23.0 Å². The minimum Gasteiger partial charge on any atom is -0.497 e. The lowest BCUT2D eigenvalue weighted by Crippen LogP contribution is -2.27. The zero-order valence-electron chi connectivity index (χ0n) is 26.1. The molecule has 0 heterocycles. The van der Waals surface area contributed by atoms with E-state index in [1.807, 2.05) is 24.3 Å². The maximum absolute atomic E-state index is 12.9. The molecule has 2 aromatic rings. The predicted molar refractivity (Wildman–Crippen MR) is 171 cm³/mol. The number of ether oxygens (including phenoxy) is 7. The summed E-state index contributed by atoms with van der Waals surface area (Å²) >= 11 is 0. The maximum Gasteiger partial charge on any atom is 0.330 e. The van der Waals surface area contributed by atoms with Crippen molar-refractivity contribution >= 4 is 11.9 Å². The fourth-order valence-electron chi connectivity index (χ4n) is 4.65. The molecule has 0 aliphatic heterocycles. The van der Waals surface area contributed by atoms with E-state index in [4.69, 9.17) is 33.2 Å². The van der Waals surface area contributed by atoms with Gasteiger partial charge >= 0.3 is 11.9 Å². The summed E-state index contributed by atoms with van der Waals surface area (Å²) in [5.74, 6) is 2.97. The van der Waals surface area contributed by atoms with Gasteiger partial charge in [0.25, 0.3) is 0 Å². The number of methoxy groups -OCH3 is 1. The number of esters is 2. The van der Waals surface area contributed by atoms with Crippen molar-refractivity contribution in [2.75, 3.05) is 33.5 Å². The van der Waals surface area contributed by atoms with Gasteiger partial charge in [0, 0.05) is 18.6 Å². The summed E-state index contributed by atoms with van der Waals surface area (Å²) in [5, 5.41) is 0. The van der Waals surface area contributed by atoms with Gasteiger partial charge in [0.15, 0.2) is 6.10 Å². The lowest BCUT2D eigenvalue weighted by Gasteiger charge is -2.28. The molecule has 1 saturated carbocycles. The van der Waals surface area contributed by atoms with Crippen molar-refractivity contribution < 1.29 is 42.7 Å². The van der Waals surface area contributed by atoms with Crippen molar-refractivity contribution in [2.24, 2.45) is 11.8 Å². The summed E-state index contributed by atoms with van der Waals surface area (Å²) in [6.45, 7) is 16.2. The topological polar surface area (TPSA) is 98.8 Å². The standard InChI is InChI=1S/C36H44O9/c1-6-26(3)43-34(24-40-22-8-9-23-41-35(37)7-2)25-42-31-16-20-33(21-17-31)45-36(38)29-12-10-28(11-13-29)27(4)44-32-18-14-30(39-5)15-19-32/h6-7,14-21,28-29,34H,1-4,8-13,22-25H2,5H3. The molecule has 1 unspecified atom stereocenters. The van der Waals surface area contributed by atoms with Gasteiger partial charge in [0.1, 0.15) is 35.4 Å². The first-order valence-corrected chi connectivity index (χ1v) is 15.1. The van der Waals surface area contributed by atoms with Gasteiger partial charge < -0.3 is 33.2 Å². The van der Waals surface area contributed by atoms with Crippen molar-refractivity contribution in [1.82, 2.24) is 0 Å². The molecular formula is C36H44O9. The van der Waals surface area contributed by atoms with Crippen LogP contribution < -0.4 is 18.9 Å². The van der Waals surface area contributed by atoms with Gasteiger partial charge in [-0.1, -0.05) is 26.3 Å². The summed E-state index contributed by atoms with van der Waals surface area (Å²) in [7, 11) is 1.62. The Morgan fingerprint density at radius 3 is 1.98 bits per heavy atom. The van der Waals surface area contributed by atoms with Crippen LogP contribution in [0.4, 0.5) is 0 Å². The van der Waals surface area contributed by atoms with E-state index in [0.29, 0.717) is 61.2 Å². The first-order chi connectivity index (χ1) is 21.8. The van der Waals surface area contributed by atoms with E-state index in [1.165, 1.54) is 6.08 Å². The van der Waals surface area contributed by atoms with Crippen LogP contribution in [-0.4, -0.2) is 51.6 Å². The Kier molecular flexibility index (Phi) is 14.8. The minimum atomic E-state index is -0.436. The number of hydrogen-bond donors (Lipinski definition) is 0. The van der Waals surface area contributed by atoms with Crippen molar-refractivity contribution in [3.05, 3.63) is 98.5 Å². The molecule has 0 bridgehead atoms. The molecule has 0 radical (unpaired) electrons. The van der Waals surface area contributed by atoms with Gasteiger partial charge in [-0.15, -0.1) is 0 Å². The van der Waals surface area contributed by atoms with Crippen LogP contribution in [0, 0.1) is 11.8 Å². The van der Waals surface area contributed by atoms with Crippen LogP contribution in [-0.2, 0) is 23.8 Å². The molecule has 3 rings (SSSR count). The molecule has 2 aromatic carbocycles. The summed E-state index contributed by atoms with van der Waals surface area (Å²) in [5.41, 5.74) is 0. The summed E-state index contributed by atoms with van der Waals surface area (Å²) in [6.07, 6.45) is 6.65. The van der Waals surface area contributed by atoms with Crippen LogP contribution in [0.2, 0.25) is 0 Å².